The first-order valence-corrected chi connectivity index (χ1v) is 12.8. The molecule has 0 amide bonds. The number of carbonyl (C=O) groups excluding carboxylic acids is 1. The molecule has 0 bridgehead atoms. The molecule has 1 heterocycles. The van der Waals surface area contributed by atoms with Crippen molar-refractivity contribution in [1.29, 1.82) is 0 Å². The van der Waals surface area contributed by atoms with Crippen molar-refractivity contribution in [2.45, 2.75) is 64.9 Å². The monoisotopic (exact) mass is 488 g/mol. The first-order chi connectivity index (χ1) is 15.7. The van der Waals surface area contributed by atoms with Gasteiger partial charge in [-0.2, -0.15) is 0 Å². The molecule has 1 aromatic heterocycles. The van der Waals surface area contributed by atoms with Gasteiger partial charge in [-0.1, -0.05) is 68.0 Å². The Morgan fingerprint density at radius 1 is 1.30 bits per heavy atom. The maximum absolute atomic E-state index is 12.9. The summed E-state index contributed by atoms with van der Waals surface area (Å²) < 4.78 is 1.16. The predicted octanol–water partition coefficient (Wildman–Crippen LogP) is 6.84. The van der Waals surface area contributed by atoms with Crippen molar-refractivity contribution in [2.75, 3.05) is 0 Å². The SMILES string of the molecule is CC1(C)C[C@H](/C=C/[C@H](O)CCc2sc3ccccc3c2Cl)[C@@H](C/C=C\CCCC(=O)O)C1=O. The second-order valence-electron chi connectivity index (χ2n) is 9.54. The van der Waals surface area contributed by atoms with Crippen LogP contribution in [0.25, 0.3) is 10.1 Å². The highest BCUT2D eigenvalue weighted by Gasteiger charge is 2.45. The smallest absolute Gasteiger partial charge is 0.303 e. The van der Waals surface area contributed by atoms with E-state index in [1.54, 1.807) is 11.3 Å². The van der Waals surface area contributed by atoms with Gasteiger partial charge in [0.15, 0.2) is 0 Å². The highest BCUT2D eigenvalue weighted by atomic mass is 35.5. The average molecular weight is 489 g/mol. The molecule has 4 nitrogen and oxygen atoms in total. The third-order valence-corrected chi connectivity index (χ3v) is 8.21. The summed E-state index contributed by atoms with van der Waals surface area (Å²) >= 11 is 8.20. The number of ketones is 1. The zero-order valence-corrected chi connectivity index (χ0v) is 20.9. The molecule has 0 aliphatic heterocycles. The summed E-state index contributed by atoms with van der Waals surface area (Å²) in [6.07, 6.45) is 11.4. The van der Waals surface area contributed by atoms with Crippen LogP contribution in [0.5, 0.6) is 0 Å². The molecule has 33 heavy (non-hydrogen) atoms. The standard InChI is InChI=1S/C27H33ClO4S/c1-27(2)17-18(20(26(27)32)9-5-3-4-6-12-24(30)31)13-14-19(29)15-16-23-25(28)21-10-7-8-11-22(21)33-23/h3,5,7-8,10-11,13-14,18-20,29H,4,6,9,12,15-17H2,1-2H3,(H,30,31)/b5-3-,14-13+/t18-,19-,20+/m0/s1. The summed E-state index contributed by atoms with van der Waals surface area (Å²) in [4.78, 5) is 24.6. The predicted molar refractivity (Wildman–Crippen MR) is 136 cm³/mol. The van der Waals surface area contributed by atoms with Crippen molar-refractivity contribution >= 4 is 44.8 Å². The van der Waals surface area contributed by atoms with E-state index in [-0.39, 0.29) is 29.5 Å². The van der Waals surface area contributed by atoms with Crippen LogP contribution >= 0.6 is 22.9 Å². The minimum absolute atomic E-state index is 0.0960. The van der Waals surface area contributed by atoms with Gasteiger partial charge in [-0.15, -0.1) is 11.3 Å². The zero-order valence-electron chi connectivity index (χ0n) is 19.3. The Balaban J connectivity index is 1.56. The number of allylic oxidation sites excluding steroid dienone is 3. The number of aliphatic hydroxyl groups is 1. The van der Waals surface area contributed by atoms with Gasteiger partial charge in [-0.3, -0.25) is 9.59 Å². The maximum atomic E-state index is 12.9. The fourth-order valence-electron chi connectivity index (χ4n) is 4.62. The number of carbonyl (C=O) groups is 2. The molecule has 2 aromatic rings. The third kappa shape index (κ3) is 6.78. The van der Waals surface area contributed by atoms with Gasteiger partial charge in [0.25, 0.3) is 0 Å². The Kier molecular flexibility index (Phi) is 8.91. The molecule has 2 N–H and O–H groups in total. The summed E-state index contributed by atoms with van der Waals surface area (Å²) in [5, 5.41) is 21.1. The van der Waals surface area contributed by atoms with Gasteiger partial charge in [0.05, 0.1) is 11.1 Å². The van der Waals surface area contributed by atoms with E-state index in [1.165, 1.54) is 0 Å². The number of hydrogen-bond donors (Lipinski definition) is 2. The van der Waals surface area contributed by atoms with Crippen LogP contribution in [0.1, 0.15) is 57.2 Å². The summed E-state index contributed by atoms with van der Waals surface area (Å²) in [5.74, 6) is -0.525. The summed E-state index contributed by atoms with van der Waals surface area (Å²) in [6.45, 7) is 3.99. The van der Waals surface area contributed by atoms with Crippen molar-refractivity contribution in [1.82, 2.24) is 0 Å². The number of thiophene rings is 1. The van der Waals surface area contributed by atoms with Gasteiger partial charge in [0.1, 0.15) is 5.78 Å². The molecule has 1 aromatic carbocycles. The van der Waals surface area contributed by atoms with Crippen LogP contribution in [0.3, 0.4) is 0 Å². The first-order valence-electron chi connectivity index (χ1n) is 11.6. The van der Waals surface area contributed by atoms with Crippen molar-refractivity contribution < 1.29 is 19.8 Å². The van der Waals surface area contributed by atoms with E-state index in [1.807, 2.05) is 56.4 Å². The van der Waals surface area contributed by atoms with E-state index in [9.17, 15) is 14.7 Å². The van der Waals surface area contributed by atoms with Gasteiger partial charge in [-0.25, -0.2) is 0 Å². The van der Waals surface area contributed by atoms with E-state index in [2.05, 4.69) is 6.07 Å². The number of hydrogen-bond acceptors (Lipinski definition) is 4. The highest BCUT2D eigenvalue weighted by molar-refractivity contribution is 7.19. The van der Waals surface area contributed by atoms with E-state index >= 15 is 0 Å². The molecule has 0 saturated heterocycles. The molecule has 1 saturated carbocycles. The number of halogens is 1. The number of aryl methyl sites for hydroxylation is 1. The molecule has 0 spiro atoms. The van der Waals surface area contributed by atoms with Gasteiger partial charge < -0.3 is 10.2 Å². The quantitative estimate of drug-likeness (QED) is 0.268. The van der Waals surface area contributed by atoms with Crippen LogP contribution < -0.4 is 0 Å². The van der Waals surface area contributed by atoms with Crippen molar-refractivity contribution in [2.24, 2.45) is 17.3 Å². The van der Waals surface area contributed by atoms with Crippen LogP contribution in [0.15, 0.2) is 48.6 Å². The minimum Gasteiger partial charge on any atom is -0.481 e. The lowest BCUT2D eigenvalue weighted by Crippen LogP contribution is -2.21. The number of benzene rings is 1. The molecule has 6 heteroatoms. The van der Waals surface area contributed by atoms with E-state index < -0.39 is 12.1 Å². The lowest BCUT2D eigenvalue weighted by atomic mass is 9.88. The van der Waals surface area contributed by atoms with Crippen LogP contribution in [0, 0.1) is 17.3 Å². The van der Waals surface area contributed by atoms with Crippen LogP contribution in [0.2, 0.25) is 5.02 Å². The molecule has 1 fully saturated rings. The lowest BCUT2D eigenvalue weighted by molar-refractivity contribution is -0.137. The summed E-state index contributed by atoms with van der Waals surface area (Å²) in [6, 6.07) is 8.07. The fourth-order valence-corrected chi connectivity index (χ4v) is 6.16. The maximum Gasteiger partial charge on any atom is 0.303 e. The summed E-state index contributed by atoms with van der Waals surface area (Å²) in [5.41, 5.74) is -0.369. The van der Waals surface area contributed by atoms with Gasteiger partial charge in [0, 0.05) is 32.7 Å². The molecule has 178 valence electrons. The summed E-state index contributed by atoms with van der Waals surface area (Å²) in [7, 11) is 0. The number of carboxylic acid groups (broad SMARTS) is 1. The normalized spacial score (nSPS) is 21.5. The Morgan fingerprint density at radius 2 is 2.06 bits per heavy atom. The Morgan fingerprint density at radius 3 is 2.79 bits per heavy atom. The van der Waals surface area contributed by atoms with Crippen molar-refractivity contribution in [3.8, 4) is 0 Å². The largest absolute Gasteiger partial charge is 0.481 e. The second-order valence-corrected chi connectivity index (χ2v) is 11.1. The highest BCUT2D eigenvalue weighted by Crippen LogP contribution is 2.44. The number of Topliss-reactive ketones (excluding diaryl/α,β-unsaturated/α-hetero) is 1. The topological polar surface area (TPSA) is 74.6 Å². The zero-order chi connectivity index (χ0) is 24.0. The average Bonchev–Trinajstić information content (AvgIpc) is 3.20. The molecule has 1 aliphatic rings. The van der Waals surface area contributed by atoms with Crippen LogP contribution in [-0.4, -0.2) is 28.1 Å². The van der Waals surface area contributed by atoms with Gasteiger partial charge in [0.2, 0.25) is 0 Å². The molecule has 1 aliphatic carbocycles. The fraction of sp³-hybridized carbons (Fsp3) is 0.481. The third-order valence-electron chi connectivity index (χ3n) is 6.43. The van der Waals surface area contributed by atoms with E-state index in [0.29, 0.717) is 32.1 Å². The number of unbranched alkanes of at least 4 members (excludes halogenated alkanes) is 1. The van der Waals surface area contributed by atoms with Gasteiger partial charge >= 0.3 is 5.97 Å². The van der Waals surface area contributed by atoms with E-state index in [0.717, 1.165) is 26.4 Å². The lowest BCUT2D eigenvalue weighted by Gasteiger charge is -2.14. The molecular weight excluding hydrogens is 456 g/mol. The Hall–Kier alpha value is -1.95. The second kappa shape index (κ2) is 11.5. The van der Waals surface area contributed by atoms with Gasteiger partial charge in [-0.05, 0) is 50.5 Å². The van der Waals surface area contributed by atoms with Crippen LogP contribution in [-0.2, 0) is 16.0 Å². The number of rotatable bonds is 11. The molecule has 3 atom stereocenters. The van der Waals surface area contributed by atoms with Crippen LogP contribution in [0.4, 0.5) is 0 Å². The number of aliphatic carboxylic acids is 1. The van der Waals surface area contributed by atoms with Crippen molar-refractivity contribution in [3.05, 3.63) is 58.5 Å². The minimum atomic E-state index is -0.783. The number of fused-ring (bicyclic) bond motifs is 1. The number of carboxylic acids is 1. The Labute approximate surface area is 205 Å². The first kappa shape index (κ1) is 25.7. The molecular formula is C27H33ClO4S. The number of aliphatic hydroxyl groups excluding tert-OH is 1. The Bertz CT molecular complexity index is 1040. The van der Waals surface area contributed by atoms with Crippen molar-refractivity contribution in [3.63, 3.8) is 0 Å². The molecule has 3 rings (SSSR count). The molecule has 0 unspecified atom stereocenters. The molecule has 0 radical (unpaired) electrons. The van der Waals surface area contributed by atoms with E-state index in [4.69, 9.17) is 16.7 Å².